The number of aromatic nitrogens is 2. The number of imidazole rings is 1. The van der Waals surface area contributed by atoms with E-state index in [4.69, 9.17) is 10.5 Å². The van der Waals surface area contributed by atoms with Gasteiger partial charge in [0.25, 0.3) is 0 Å². The summed E-state index contributed by atoms with van der Waals surface area (Å²) in [4.78, 5) is 4.58. The standard InChI is InChI=1S/C17H19N3O/c1-12-6-7-15(13(2)11-12)21-17-14(8-9-18)20-10-4-3-5-16(20)19-17/h3-7,10-11H,8-9,18H2,1-2H3. The minimum Gasteiger partial charge on any atom is -0.437 e. The van der Waals surface area contributed by atoms with E-state index in [1.165, 1.54) is 5.56 Å². The van der Waals surface area contributed by atoms with Crippen molar-refractivity contribution in [1.29, 1.82) is 0 Å². The largest absolute Gasteiger partial charge is 0.437 e. The van der Waals surface area contributed by atoms with Crippen molar-refractivity contribution in [2.24, 2.45) is 5.73 Å². The lowest BCUT2D eigenvalue weighted by Gasteiger charge is -2.09. The number of aryl methyl sites for hydroxylation is 2. The molecule has 2 aromatic heterocycles. The number of pyridine rings is 1. The molecule has 0 saturated carbocycles. The number of fused-ring (bicyclic) bond motifs is 1. The van der Waals surface area contributed by atoms with E-state index in [1.807, 2.05) is 47.9 Å². The van der Waals surface area contributed by atoms with Crippen LogP contribution in [0.4, 0.5) is 0 Å². The Bertz CT molecular complexity index is 777. The van der Waals surface area contributed by atoms with Crippen LogP contribution >= 0.6 is 0 Å². The highest BCUT2D eigenvalue weighted by Crippen LogP contribution is 2.28. The van der Waals surface area contributed by atoms with E-state index in [1.54, 1.807) is 0 Å². The molecule has 0 saturated heterocycles. The van der Waals surface area contributed by atoms with Gasteiger partial charge in [-0.2, -0.15) is 4.98 Å². The Labute approximate surface area is 124 Å². The van der Waals surface area contributed by atoms with E-state index in [0.717, 1.165) is 29.1 Å². The second-order valence-electron chi connectivity index (χ2n) is 5.20. The lowest BCUT2D eigenvalue weighted by atomic mass is 10.1. The van der Waals surface area contributed by atoms with E-state index in [9.17, 15) is 0 Å². The van der Waals surface area contributed by atoms with Crippen LogP contribution in [-0.2, 0) is 6.42 Å². The number of hydrogen-bond acceptors (Lipinski definition) is 3. The summed E-state index contributed by atoms with van der Waals surface area (Å²) in [5.74, 6) is 1.47. The maximum atomic E-state index is 6.05. The highest BCUT2D eigenvalue weighted by atomic mass is 16.5. The van der Waals surface area contributed by atoms with Crippen LogP contribution in [0.25, 0.3) is 5.65 Å². The third kappa shape index (κ3) is 2.62. The van der Waals surface area contributed by atoms with E-state index in [0.29, 0.717) is 12.4 Å². The van der Waals surface area contributed by atoms with Crippen molar-refractivity contribution >= 4 is 5.65 Å². The van der Waals surface area contributed by atoms with Gasteiger partial charge < -0.3 is 14.9 Å². The average molecular weight is 281 g/mol. The lowest BCUT2D eigenvalue weighted by Crippen LogP contribution is -2.06. The number of hydrogen-bond donors (Lipinski definition) is 1. The predicted molar refractivity (Wildman–Crippen MR) is 83.9 cm³/mol. The number of rotatable bonds is 4. The third-order valence-corrected chi connectivity index (χ3v) is 3.51. The summed E-state index contributed by atoms with van der Waals surface area (Å²) in [6, 6.07) is 12.1. The normalized spacial score (nSPS) is 11.0. The zero-order chi connectivity index (χ0) is 14.8. The number of ether oxygens (including phenoxy) is 1. The summed E-state index contributed by atoms with van der Waals surface area (Å²) in [5.41, 5.74) is 9.93. The molecule has 4 heteroatoms. The Balaban J connectivity index is 2.05. The Morgan fingerprint density at radius 2 is 2.05 bits per heavy atom. The molecule has 0 amide bonds. The number of benzene rings is 1. The van der Waals surface area contributed by atoms with Crippen molar-refractivity contribution in [2.45, 2.75) is 20.3 Å². The molecule has 3 aromatic rings. The Morgan fingerprint density at radius 1 is 1.19 bits per heavy atom. The van der Waals surface area contributed by atoms with E-state index in [2.05, 4.69) is 18.0 Å². The summed E-state index contributed by atoms with van der Waals surface area (Å²) in [6.07, 6.45) is 2.72. The second kappa shape index (κ2) is 5.58. The summed E-state index contributed by atoms with van der Waals surface area (Å²) in [7, 11) is 0. The van der Waals surface area contributed by atoms with E-state index in [-0.39, 0.29) is 0 Å². The van der Waals surface area contributed by atoms with Gasteiger partial charge in [0.2, 0.25) is 5.88 Å². The first-order chi connectivity index (χ1) is 10.2. The minimum absolute atomic E-state index is 0.561. The van der Waals surface area contributed by atoms with Gasteiger partial charge in [-0.15, -0.1) is 0 Å². The molecule has 2 N–H and O–H groups in total. The maximum absolute atomic E-state index is 6.05. The van der Waals surface area contributed by atoms with Gasteiger partial charge in [0.1, 0.15) is 11.4 Å². The number of nitrogens with zero attached hydrogens (tertiary/aromatic N) is 2. The van der Waals surface area contributed by atoms with Gasteiger partial charge in [0.05, 0.1) is 5.69 Å². The van der Waals surface area contributed by atoms with E-state index < -0.39 is 0 Å². The summed E-state index contributed by atoms with van der Waals surface area (Å²) < 4.78 is 8.08. The van der Waals surface area contributed by atoms with Gasteiger partial charge in [0.15, 0.2) is 0 Å². The molecule has 0 aliphatic carbocycles. The molecule has 0 unspecified atom stereocenters. The molecule has 3 rings (SSSR count). The molecule has 2 heterocycles. The van der Waals surface area contributed by atoms with Gasteiger partial charge in [-0.3, -0.25) is 0 Å². The van der Waals surface area contributed by atoms with Crippen molar-refractivity contribution in [1.82, 2.24) is 9.38 Å². The second-order valence-corrected chi connectivity index (χ2v) is 5.20. The Morgan fingerprint density at radius 3 is 2.81 bits per heavy atom. The van der Waals surface area contributed by atoms with Crippen LogP contribution in [0.3, 0.4) is 0 Å². The highest BCUT2D eigenvalue weighted by Gasteiger charge is 2.14. The van der Waals surface area contributed by atoms with Crippen molar-refractivity contribution in [3.8, 4) is 11.6 Å². The van der Waals surface area contributed by atoms with Gasteiger partial charge in [-0.25, -0.2) is 0 Å². The van der Waals surface area contributed by atoms with Crippen LogP contribution in [0, 0.1) is 13.8 Å². The fraction of sp³-hybridized carbons (Fsp3) is 0.235. The Hall–Kier alpha value is -2.33. The van der Waals surface area contributed by atoms with Crippen LogP contribution in [0.1, 0.15) is 16.8 Å². The van der Waals surface area contributed by atoms with Gasteiger partial charge in [0, 0.05) is 12.6 Å². The third-order valence-electron chi connectivity index (χ3n) is 3.51. The first-order valence-electron chi connectivity index (χ1n) is 7.10. The monoisotopic (exact) mass is 281 g/mol. The fourth-order valence-electron chi connectivity index (χ4n) is 2.49. The quantitative estimate of drug-likeness (QED) is 0.798. The summed E-state index contributed by atoms with van der Waals surface area (Å²) in [5, 5.41) is 0. The van der Waals surface area contributed by atoms with Crippen molar-refractivity contribution in [2.75, 3.05) is 6.54 Å². The molecule has 108 valence electrons. The van der Waals surface area contributed by atoms with Crippen molar-refractivity contribution in [3.63, 3.8) is 0 Å². The molecule has 0 aliphatic rings. The average Bonchev–Trinajstić information content (AvgIpc) is 2.81. The molecule has 0 radical (unpaired) electrons. The molecule has 0 bridgehead atoms. The summed E-state index contributed by atoms with van der Waals surface area (Å²) >= 11 is 0. The molecule has 0 spiro atoms. The van der Waals surface area contributed by atoms with Crippen LogP contribution in [0.2, 0.25) is 0 Å². The minimum atomic E-state index is 0.561. The van der Waals surface area contributed by atoms with Gasteiger partial charge in [-0.1, -0.05) is 23.8 Å². The first-order valence-corrected chi connectivity index (χ1v) is 7.10. The molecule has 0 aliphatic heterocycles. The highest BCUT2D eigenvalue weighted by molar-refractivity contribution is 5.48. The van der Waals surface area contributed by atoms with Crippen molar-refractivity contribution < 1.29 is 4.74 Å². The zero-order valence-corrected chi connectivity index (χ0v) is 12.3. The van der Waals surface area contributed by atoms with Gasteiger partial charge in [-0.05, 0) is 44.2 Å². The van der Waals surface area contributed by atoms with Crippen molar-refractivity contribution in [3.05, 3.63) is 59.4 Å². The maximum Gasteiger partial charge on any atom is 0.241 e. The first kappa shape index (κ1) is 13.6. The topological polar surface area (TPSA) is 52.5 Å². The Kier molecular flexibility index (Phi) is 3.62. The lowest BCUT2D eigenvalue weighted by molar-refractivity contribution is 0.455. The molecule has 1 aromatic carbocycles. The summed E-state index contributed by atoms with van der Waals surface area (Å²) in [6.45, 7) is 4.67. The van der Waals surface area contributed by atoms with E-state index >= 15 is 0 Å². The SMILES string of the molecule is Cc1ccc(Oc2nc3ccccn3c2CCN)c(C)c1. The number of nitrogens with two attached hydrogens (primary N) is 1. The van der Waals surface area contributed by atoms with Crippen LogP contribution < -0.4 is 10.5 Å². The molecular formula is C17H19N3O. The molecule has 21 heavy (non-hydrogen) atoms. The fourth-order valence-corrected chi connectivity index (χ4v) is 2.49. The van der Waals surface area contributed by atoms with Crippen LogP contribution in [0.5, 0.6) is 11.6 Å². The zero-order valence-electron chi connectivity index (χ0n) is 12.3. The van der Waals surface area contributed by atoms with Crippen LogP contribution in [-0.4, -0.2) is 15.9 Å². The van der Waals surface area contributed by atoms with Gasteiger partial charge >= 0.3 is 0 Å². The smallest absolute Gasteiger partial charge is 0.241 e. The molecule has 0 atom stereocenters. The molecule has 4 nitrogen and oxygen atoms in total. The predicted octanol–water partition coefficient (Wildman–Crippen LogP) is 3.24. The molecule has 0 fully saturated rings. The van der Waals surface area contributed by atoms with Crippen LogP contribution in [0.15, 0.2) is 42.6 Å². The molecular weight excluding hydrogens is 262 g/mol.